The summed E-state index contributed by atoms with van der Waals surface area (Å²) in [5.74, 6) is -0.226. The number of carbonyl (C=O) groups excluding carboxylic acids is 1. The number of hydrogen-bond acceptors (Lipinski definition) is 4. The number of para-hydroxylation sites is 1. The van der Waals surface area contributed by atoms with Crippen LogP contribution in [0.25, 0.3) is 0 Å². The lowest BCUT2D eigenvalue weighted by atomic mass is 10.1. The molecule has 8 heteroatoms. The van der Waals surface area contributed by atoms with Crippen LogP contribution in [0.4, 0.5) is 11.4 Å². The third-order valence-electron chi connectivity index (χ3n) is 4.76. The average Bonchev–Trinajstić information content (AvgIpc) is 2.75. The van der Waals surface area contributed by atoms with Gasteiger partial charge in [-0.15, -0.1) is 0 Å². The number of nitrogens with one attached hydrogen (secondary N) is 2. The molecule has 31 heavy (non-hydrogen) atoms. The number of hydrogen-bond donors (Lipinski definition) is 2. The van der Waals surface area contributed by atoms with Gasteiger partial charge in [-0.3, -0.25) is 9.10 Å². The minimum absolute atomic E-state index is 0.149. The fourth-order valence-electron chi connectivity index (χ4n) is 2.96. The second-order valence-electron chi connectivity index (χ2n) is 6.94. The fraction of sp³-hybridized carbons (Fsp3) is 0.130. The summed E-state index contributed by atoms with van der Waals surface area (Å²) in [5.41, 5.74) is 3.11. The SMILES string of the molecule is Cc1ccccc1CC(=O)NC(=S)Nc1ccc(S(=O)(=O)N(C)c2ccccc2)cc1. The molecule has 0 atom stereocenters. The van der Waals surface area contributed by atoms with E-state index in [1.165, 1.54) is 23.5 Å². The lowest BCUT2D eigenvalue weighted by Crippen LogP contribution is -2.35. The van der Waals surface area contributed by atoms with Crippen molar-refractivity contribution >= 4 is 44.6 Å². The predicted octanol–water partition coefficient (Wildman–Crippen LogP) is 3.88. The monoisotopic (exact) mass is 453 g/mol. The molecular formula is C23H23N3O3S2. The molecule has 2 N–H and O–H groups in total. The van der Waals surface area contributed by atoms with E-state index >= 15 is 0 Å². The Balaban J connectivity index is 1.61. The highest BCUT2D eigenvalue weighted by molar-refractivity contribution is 7.92. The van der Waals surface area contributed by atoms with Crippen molar-refractivity contribution in [2.24, 2.45) is 0 Å². The first-order valence-electron chi connectivity index (χ1n) is 9.57. The van der Waals surface area contributed by atoms with Crippen LogP contribution in [0.15, 0.2) is 83.8 Å². The van der Waals surface area contributed by atoms with Crippen LogP contribution in [0.5, 0.6) is 0 Å². The molecule has 0 radical (unpaired) electrons. The third-order valence-corrected chi connectivity index (χ3v) is 6.76. The topological polar surface area (TPSA) is 78.5 Å². The Morgan fingerprint density at radius 2 is 1.55 bits per heavy atom. The van der Waals surface area contributed by atoms with Crippen LogP contribution in [0.3, 0.4) is 0 Å². The first kappa shape index (κ1) is 22.5. The Morgan fingerprint density at radius 1 is 0.935 bits per heavy atom. The van der Waals surface area contributed by atoms with Crippen LogP contribution in [0, 0.1) is 6.92 Å². The maximum absolute atomic E-state index is 12.8. The van der Waals surface area contributed by atoms with Crippen molar-refractivity contribution in [3.63, 3.8) is 0 Å². The van der Waals surface area contributed by atoms with Gasteiger partial charge >= 0.3 is 0 Å². The Bertz CT molecular complexity index is 1180. The smallest absolute Gasteiger partial charge is 0.264 e. The summed E-state index contributed by atoms with van der Waals surface area (Å²) in [5, 5.41) is 5.70. The number of aryl methyl sites for hydroxylation is 1. The molecule has 1 amide bonds. The van der Waals surface area contributed by atoms with Crippen molar-refractivity contribution in [3.8, 4) is 0 Å². The van der Waals surface area contributed by atoms with Crippen LogP contribution in [-0.2, 0) is 21.2 Å². The molecule has 6 nitrogen and oxygen atoms in total. The molecule has 0 unspecified atom stereocenters. The zero-order valence-electron chi connectivity index (χ0n) is 17.2. The van der Waals surface area contributed by atoms with Crippen molar-refractivity contribution in [3.05, 3.63) is 90.0 Å². The van der Waals surface area contributed by atoms with E-state index < -0.39 is 10.0 Å². The summed E-state index contributed by atoms with van der Waals surface area (Å²) < 4.78 is 26.9. The zero-order valence-corrected chi connectivity index (χ0v) is 18.8. The van der Waals surface area contributed by atoms with E-state index in [9.17, 15) is 13.2 Å². The maximum Gasteiger partial charge on any atom is 0.264 e. The molecule has 3 rings (SSSR count). The number of thiocarbonyl (C=S) groups is 1. The van der Waals surface area contributed by atoms with Gasteiger partial charge in [-0.1, -0.05) is 42.5 Å². The number of nitrogens with zero attached hydrogens (tertiary/aromatic N) is 1. The molecule has 0 aliphatic rings. The van der Waals surface area contributed by atoms with Gasteiger partial charge < -0.3 is 10.6 Å². The summed E-state index contributed by atoms with van der Waals surface area (Å²) in [6.07, 6.45) is 0.220. The van der Waals surface area contributed by atoms with Gasteiger partial charge in [0.25, 0.3) is 10.0 Å². The summed E-state index contributed by atoms with van der Waals surface area (Å²) in [4.78, 5) is 12.4. The molecule has 160 valence electrons. The van der Waals surface area contributed by atoms with E-state index in [1.807, 2.05) is 37.3 Å². The minimum Gasteiger partial charge on any atom is -0.332 e. The van der Waals surface area contributed by atoms with Crippen LogP contribution in [-0.4, -0.2) is 26.5 Å². The fourth-order valence-corrected chi connectivity index (χ4v) is 4.39. The van der Waals surface area contributed by atoms with Crippen molar-refractivity contribution in [2.45, 2.75) is 18.2 Å². The normalized spacial score (nSPS) is 10.9. The second-order valence-corrected chi connectivity index (χ2v) is 9.32. The Morgan fingerprint density at radius 3 is 2.19 bits per heavy atom. The molecule has 0 aliphatic carbocycles. The predicted molar refractivity (Wildman–Crippen MR) is 128 cm³/mol. The molecule has 3 aromatic rings. The van der Waals surface area contributed by atoms with E-state index in [1.54, 1.807) is 36.4 Å². The van der Waals surface area contributed by atoms with Crippen molar-refractivity contribution in [1.82, 2.24) is 5.32 Å². The first-order valence-corrected chi connectivity index (χ1v) is 11.4. The molecule has 0 aliphatic heterocycles. The molecular weight excluding hydrogens is 430 g/mol. The molecule has 0 aromatic heterocycles. The molecule has 0 saturated carbocycles. The van der Waals surface area contributed by atoms with Gasteiger partial charge in [0, 0.05) is 12.7 Å². The number of carbonyl (C=O) groups is 1. The van der Waals surface area contributed by atoms with Crippen LogP contribution < -0.4 is 14.9 Å². The third kappa shape index (κ3) is 5.68. The van der Waals surface area contributed by atoms with E-state index in [-0.39, 0.29) is 22.3 Å². The summed E-state index contributed by atoms with van der Waals surface area (Å²) >= 11 is 5.20. The Kier molecular flexibility index (Phi) is 7.04. The molecule has 0 fully saturated rings. The van der Waals surface area contributed by atoms with Crippen molar-refractivity contribution < 1.29 is 13.2 Å². The standard InChI is InChI=1S/C23H23N3O3S2/c1-17-8-6-7-9-18(17)16-22(27)25-23(30)24-19-12-14-21(15-13-19)31(28,29)26(2)20-10-4-3-5-11-20/h3-15H,16H2,1-2H3,(H2,24,25,27,30). The van der Waals surface area contributed by atoms with E-state index in [4.69, 9.17) is 12.2 Å². The molecule has 0 bridgehead atoms. The van der Waals surface area contributed by atoms with E-state index in [0.29, 0.717) is 11.4 Å². The quantitative estimate of drug-likeness (QED) is 0.554. The van der Waals surface area contributed by atoms with Crippen molar-refractivity contribution in [2.75, 3.05) is 16.7 Å². The maximum atomic E-state index is 12.8. The lowest BCUT2D eigenvalue weighted by molar-refractivity contribution is -0.119. The molecule has 0 saturated heterocycles. The number of sulfonamides is 1. The largest absolute Gasteiger partial charge is 0.332 e. The molecule has 3 aromatic carbocycles. The second kappa shape index (κ2) is 9.72. The van der Waals surface area contributed by atoms with E-state index in [0.717, 1.165) is 11.1 Å². The zero-order chi connectivity index (χ0) is 22.4. The van der Waals surface area contributed by atoms with Gasteiger partial charge in [0.05, 0.1) is 17.0 Å². The van der Waals surface area contributed by atoms with Gasteiger partial charge in [-0.05, 0) is 66.7 Å². The van der Waals surface area contributed by atoms with Gasteiger partial charge in [-0.2, -0.15) is 0 Å². The van der Waals surface area contributed by atoms with Gasteiger partial charge in [0.15, 0.2) is 5.11 Å². The molecule has 0 spiro atoms. The van der Waals surface area contributed by atoms with Crippen molar-refractivity contribution in [1.29, 1.82) is 0 Å². The van der Waals surface area contributed by atoms with Crippen LogP contribution >= 0.6 is 12.2 Å². The van der Waals surface area contributed by atoms with Crippen LogP contribution in [0.2, 0.25) is 0 Å². The highest BCUT2D eigenvalue weighted by Gasteiger charge is 2.21. The number of amides is 1. The Hall–Kier alpha value is -3.23. The highest BCUT2D eigenvalue weighted by atomic mass is 32.2. The van der Waals surface area contributed by atoms with Gasteiger partial charge in [0.2, 0.25) is 5.91 Å². The lowest BCUT2D eigenvalue weighted by Gasteiger charge is -2.19. The van der Waals surface area contributed by atoms with Gasteiger partial charge in [0.1, 0.15) is 0 Å². The number of benzene rings is 3. The minimum atomic E-state index is -3.69. The average molecular weight is 454 g/mol. The number of anilines is 2. The summed E-state index contributed by atoms with van der Waals surface area (Å²) in [6.45, 7) is 1.95. The van der Waals surface area contributed by atoms with Crippen LogP contribution in [0.1, 0.15) is 11.1 Å². The van der Waals surface area contributed by atoms with Gasteiger partial charge in [-0.25, -0.2) is 8.42 Å². The highest BCUT2D eigenvalue weighted by Crippen LogP contribution is 2.22. The number of rotatable bonds is 6. The van der Waals surface area contributed by atoms with E-state index in [2.05, 4.69) is 10.6 Å². The first-order chi connectivity index (χ1) is 14.8. The summed E-state index contributed by atoms with van der Waals surface area (Å²) in [7, 11) is -2.18. The molecule has 0 heterocycles. The Labute approximate surface area is 188 Å². The summed E-state index contributed by atoms with van der Waals surface area (Å²) in [6, 6.07) is 22.7.